The van der Waals surface area contributed by atoms with Crippen molar-refractivity contribution in [3.63, 3.8) is 0 Å². The SMILES string of the molecule is COc1ccc(-c2oc3c(OCc4ccccc4)c(OC)c(OC)c(OC(C)C)c3c(=O)c2O)cc1. The molecule has 0 radical (unpaired) electrons. The van der Waals surface area contributed by atoms with E-state index >= 15 is 0 Å². The highest BCUT2D eigenvalue weighted by Gasteiger charge is 2.31. The minimum Gasteiger partial charge on any atom is -0.502 e. The third kappa shape index (κ3) is 4.62. The van der Waals surface area contributed by atoms with Crippen LogP contribution >= 0.6 is 0 Å². The highest BCUT2D eigenvalue weighted by Crippen LogP contribution is 2.52. The molecule has 0 aliphatic carbocycles. The summed E-state index contributed by atoms with van der Waals surface area (Å²) in [6.45, 7) is 3.79. The van der Waals surface area contributed by atoms with E-state index < -0.39 is 11.2 Å². The molecule has 0 atom stereocenters. The minimum atomic E-state index is -0.691. The molecule has 188 valence electrons. The van der Waals surface area contributed by atoms with Crippen LogP contribution in [0, 0.1) is 0 Å². The summed E-state index contributed by atoms with van der Waals surface area (Å²) in [6.07, 6.45) is -0.314. The molecule has 8 heteroatoms. The molecule has 8 nitrogen and oxygen atoms in total. The van der Waals surface area contributed by atoms with Gasteiger partial charge in [-0.15, -0.1) is 0 Å². The van der Waals surface area contributed by atoms with Crippen molar-refractivity contribution in [2.24, 2.45) is 0 Å². The Morgan fingerprint density at radius 1 is 0.833 bits per heavy atom. The van der Waals surface area contributed by atoms with Crippen LogP contribution in [0.4, 0.5) is 0 Å². The zero-order valence-electron chi connectivity index (χ0n) is 20.8. The van der Waals surface area contributed by atoms with Crippen LogP contribution in [-0.4, -0.2) is 32.5 Å². The van der Waals surface area contributed by atoms with E-state index in [1.54, 1.807) is 31.4 Å². The van der Waals surface area contributed by atoms with E-state index in [0.717, 1.165) is 5.56 Å². The van der Waals surface area contributed by atoms with E-state index in [0.29, 0.717) is 11.3 Å². The standard InChI is InChI=1S/C28H28O8/c1-16(2)35-24-20-21(29)22(30)23(18-11-13-19(31-3)14-12-18)36-25(20)28(27(33-5)26(24)32-4)34-15-17-9-7-6-8-10-17/h6-14,16,30H,15H2,1-5H3. The van der Waals surface area contributed by atoms with Crippen molar-refractivity contribution in [2.45, 2.75) is 26.6 Å². The van der Waals surface area contributed by atoms with Crippen molar-refractivity contribution in [3.05, 3.63) is 70.4 Å². The Hall–Kier alpha value is -4.33. The summed E-state index contributed by atoms with van der Waals surface area (Å²) in [7, 11) is 4.45. The summed E-state index contributed by atoms with van der Waals surface area (Å²) in [5.74, 6) is 0.627. The second kappa shape index (κ2) is 10.5. The van der Waals surface area contributed by atoms with Gasteiger partial charge in [0.15, 0.2) is 17.1 Å². The summed E-state index contributed by atoms with van der Waals surface area (Å²) >= 11 is 0. The van der Waals surface area contributed by atoms with Gasteiger partial charge >= 0.3 is 0 Å². The van der Waals surface area contributed by atoms with Gasteiger partial charge in [-0.05, 0) is 43.7 Å². The van der Waals surface area contributed by atoms with E-state index in [2.05, 4.69) is 0 Å². The largest absolute Gasteiger partial charge is 0.502 e. The van der Waals surface area contributed by atoms with Crippen LogP contribution in [0.25, 0.3) is 22.3 Å². The average molecular weight is 493 g/mol. The highest BCUT2D eigenvalue weighted by atomic mass is 16.6. The molecule has 0 aliphatic rings. The smallest absolute Gasteiger partial charge is 0.239 e. The Morgan fingerprint density at radius 2 is 1.47 bits per heavy atom. The predicted octanol–water partition coefficient (Wildman–Crippen LogP) is 5.56. The molecule has 0 aliphatic heterocycles. The molecule has 0 spiro atoms. The molecule has 0 unspecified atom stereocenters. The van der Waals surface area contributed by atoms with Crippen molar-refractivity contribution in [2.75, 3.05) is 21.3 Å². The number of hydrogen-bond donors (Lipinski definition) is 1. The van der Waals surface area contributed by atoms with Gasteiger partial charge in [-0.2, -0.15) is 0 Å². The van der Waals surface area contributed by atoms with Gasteiger partial charge in [-0.25, -0.2) is 0 Å². The van der Waals surface area contributed by atoms with Crippen molar-refractivity contribution in [1.82, 2.24) is 0 Å². The Balaban J connectivity index is 2.03. The lowest BCUT2D eigenvalue weighted by Gasteiger charge is -2.21. The quantitative estimate of drug-likeness (QED) is 0.325. The number of fused-ring (bicyclic) bond motifs is 1. The first kappa shape index (κ1) is 24.8. The molecule has 0 fully saturated rings. The van der Waals surface area contributed by atoms with Gasteiger partial charge in [0.2, 0.25) is 28.4 Å². The number of methoxy groups -OCH3 is 3. The fourth-order valence-electron chi connectivity index (χ4n) is 3.83. The van der Waals surface area contributed by atoms with Gasteiger partial charge in [0.1, 0.15) is 17.7 Å². The maximum absolute atomic E-state index is 13.6. The lowest BCUT2D eigenvalue weighted by Crippen LogP contribution is -2.13. The Morgan fingerprint density at radius 3 is 2.06 bits per heavy atom. The van der Waals surface area contributed by atoms with Crippen LogP contribution < -0.4 is 29.1 Å². The van der Waals surface area contributed by atoms with Crippen LogP contribution in [-0.2, 0) is 6.61 Å². The molecule has 0 amide bonds. The fourth-order valence-corrected chi connectivity index (χ4v) is 3.83. The number of aromatic hydroxyl groups is 1. The minimum absolute atomic E-state index is 0.0147. The van der Waals surface area contributed by atoms with Crippen LogP contribution in [0.5, 0.6) is 34.5 Å². The third-order valence-corrected chi connectivity index (χ3v) is 5.48. The van der Waals surface area contributed by atoms with Gasteiger partial charge in [-0.1, -0.05) is 30.3 Å². The molecular formula is C28H28O8. The molecule has 4 aromatic rings. The number of benzene rings is 3. The van der Waals surface area contributed by atoms with Gasteiger partial charge in [0.25, 0.3) is 0 Å². The lowest BCUT2D eigenvalue weighted by atomic mass is 10.1. The highest BCUT2D eigenvalue weighted by molar-refractivity contribution is 5.96. The van der Waals surface area contributed by atoms with Crippen molar-refractivity contribution >= 4 is 11.0 Å². The monoisotopic (exact) mass is 492 g/mol. The van der Waals surface area contributed by atoms with Crippen molar-refractivity contribution in [3.8, 4) is 45.8 Å². The molecule has 0 saturated heterocycles. The van der Waals surface area contributed by atoms with Gasteiger partial charge in [0, 0.05) is 5.56 Å². The maximum Gasteiger partial charge on any atom is 0.239 e. The molecule has 1 aromatic heterocycles. The summed E-state index contributed by atoms with van der Waals surface area (Å²) < 4.78 is 34.8. The van der Waals surface area contributed by atoms with E-state index in [1.807, 2.05) is 44.2 Å². The first-order valence-electron chi connectivity index (χ1n) is 11.3. The Labute approximate surface area is 208 Å². The predicted molar refractivity (Wildman–Crippen MR) is 136 cm³/mol. The number of rotatable bonds is 9. The fraction of sp³-hybridized carbons (Fsp3) is 0.250. The van der Waals surface area contributed by atoms with Crippen LogP contribution in [0.3, 0.4) is 0 Å². The first-order chi connectivity index (χ1) is 17.4. The van der Waals surface area contributed by atoms with E-state index in [-0.39, 0.29) is 52.4 Å². The van der Waals surface area contributed by atoms with Crippen LogP contribution in [0.2, 0.25) is 0 Å². The number of ether oxygens (including phenoxy) is 5. The summed E-state index contributed by atoms with van der Waals surface area (Å²) in [5.41, 5.74) is 0.740. The van der Waals surface area contributed by atoms with E-state index in [1.165, 1.54) is 14.2 Å². The van der Waals surface area contributed by atoms with Gasteiger partial charge in [0.05, 0.1) is 27.4 Å². The zero-order valence-corrected chi connectivity index (χ0v) is 20.8. The maximum atomic E-state index is 13.6. The Kier molecular flexibility index (Phi) is 7.24. The second-order valence-electron chi connectivity index (χ2n) is 8.21. The normalized spacial score (nSPS) is 10.9. The third-order valence-electron chi connectivity index (χ3n) is 5.48. The Bertz CT molecular complexity index is 1410. The average Bonchev–Trinajstić information content (AvgIpc) is 2.89. The van der Waals surface area contributed by atoms with Gasteiger partial charge in [-0.3, -0.25) is 4.79 Å². The van der Waals surface area contributed by atoms with E-state index in [4.69, 9.17) is 28.1 Å². The van der Waals surface area contributed by atoms with Crippen molar-refractivity contribution < 1.29 is 33.2 Å². The summed E-state index contributed by atoms with van der Waals surface area (Å²) in [4.78, 5) is 13.6. The molecule has 36 heavy (non-hydrogen) atoms. The van der Waals surface area contributed by atoms with Crippen LogP contribution in [0.1, 0.15) is 19.4 Å². The van der Waals surface area contributed by atoms with Crippen LogP contribution in [0.15, 0.2) is 63.8 Å². The molecule has 0 bridgehead atoms. The molecule has 3 aromatic carbocycles. The summed E-state index contributed by atoms with van der Waals surface area (Å²) in [5, 5.41) is 10.9. The molecule has 0 saturated carbocycles. The summed E-state index contributed by atoms with van der Waals surface area (Å²) in [6, 6.07) is 16.3. The topological polar surface area (TPSA) is 96.6 Å². The molecule has 4 rings (SSSR count). The zero-order chi connectivity index (χ0) is 25.8. The number of hydrogen-bond acceptors (Lipinski definition) is 8. The van der Waals surface area contributed by atoms with Crippen molar-refractivity contribution in [1.29, 1.82) is 0 Å². The molecule has 1 heterocycles. The molecule has 1 N–H and O–H groups in total. The molecular weight excluding hydrogens is 464 g/mol. The lowest BCUT2D eigenvalue weighted by molar-refractivity contribution is 0.225. The van der Waals surface area contributed by atoms with Gasteiger partial charge < -0.3 is 33.2 Å². The van der Waals surface area contributed by atoms with E-state index in [9.17, 15) is 9.90 Å². The second-order valence-corrected chi connectivity index (χ2v) is 8.21. The first-order valence-corrected chi connectivity index (χ1v) is 11.3.